The number of rotatable bonds is 4. The third kappa shape index (κ3) is 2.73. The van der Waals surface area contributed by atoms with E-state index >= 15 is 0 Å². The van der Waals surface area contributed by atoms with Crippen molar-refractivity contribution in [2.24, 2.45) is 7.05 Å². The van der Waals surface area contributed by atoms with Crippen LogP contribution in [0, 0.1) is 0 Å². The fourth-order valence-electron chi connectivity index (χ4n) is 1.78. The number of hydrogen-bond donors (Lipinski definition) is 0. The number of aryl methyl sites for hydroxylation is 1. The molecule has 1 fully saturated rings. The minimum Gasteiger partial charge on any atom is -0.461 e. The third-order valence-corrected chi connectivity index (χ3v) is 2.76. The number of amides is 2. The predicted octanol–water partition coefficient (Wildman–Crippen LogP) is -1.51. The predicted molar refractivity (Wildman–Crippen MR) is 67.3 cm³/mol. The molecule has 2 rings (SSSR count). The lowest BCUT2D eigenvalue weighted by Crippen LogP contribution is -2.34. The Morgan fingerprint density at radius 1 is 1.24 bits per heavy atom. The van der Waals surface area contributed by atoms with Gasteiger partial charge < -0.3 is 4.74 Å². The average molecular weight is 295 g/mol. The van der Waals surface area contributed by atoms with Gasteiger partial charge in [0.25, 0.3) is 0 Å². The van der Waals surface area contributed by atoms with Crippen LogP contribution in [-0.2, 0) is 26.2 Å². The van der Waals surface area contributed by atoms with Crippen molar-refractivity contribution < 1.29 is 19.1 Å². The summed E-state index contributed by atoms with van der Waals surface area (Å²) >= 11 is 0. The van der Waals surface area contributed by atoms with Crippen LogP contribution in [0.1, 0.15) is 19.8 Å². The molecule has 0 saturated carbocycles. The van der Waals surface area contributed by atoms with Gasteiger partial charge in [-0.1, -0.05) is 0 Å². The minimum absolute atomic E-state index is 0.00491. The van der Waals surface area contributed by atoms with E-state index < -0.39 is 23.5 Å². The van der Waals surface area contributed by atoms with Gasteiger partial charge in [-0.3, -0.25) is 9.59 Å². The van der Waals surface area contributed by atoms with Gasteiger partial charge >= 0.3 is 11.7 Å². The number of aromatic nitrogens is 4. The highest BCUT2D eigenvalue weighted by molar-refractivity contribution is 6.10. The molecule has 0 spiro atoms. The van der Waals surface area contributed by atoms with Crippen molar-refractivity contribution in [3.05, 3.63) is 16.2 Å². The molecule has 2 amide bonds. The van der Waals surface area contributed by atoms with Crippen LogP contribution in [0.2, 0.25) is 0 Å². The summed E-state index contributed by atoms with van der Waals surface area (Å²) in [5.41, 5.74) is -0.983. The second kappa shape index (κ2) is 5.69. The zero-order valence-electron chi connectivity index (χ0n) is 11.5. The van der Waals surface area contributed by atoms with E-state index in [2.05, 4.69) is 10.4 Å². The van der Waals surface area contributed by atoms with Crippen LogP contribution in [-0.4, -0.2) is 49.1 Å². The number of carbonyl (C=O) groups is 3. The molecule has 1 saturated heterocycles. The van der Waals surface area contributed by atoms with Crippen molar-refractivity contribution in [1.82, 2.24) is 24.7 Å². The van der Waals surface area contributed by atoms with Gasteiger partial charge in [0.1, 0.15) is 0 Å². The van der Waals surface area contributed by atoms with Crippen molar-refractivity contribution in [2.75, 3.05) is 6.61 Å². The number of carbonyl (C=O) groups excluding carboxylic acids is 3. The Bertz CT molecular complexity index is 669. The first-order valence-corrected chi connectivity index (χ1v) is 6.19. The zero-order valence-corrected chi connectivity index (χ0v) is 11.5. The maximum Gasteiger partial charge on any atom is 0.367 e. The summed E-state index contributed by atoms with van der Waals surface area (Å²) in [5, 5.41) is 6.97. The fourth-order valence-corrected chi connectivity index (χ4v) is 1.78. The van der Waals surface area contributed by atoms with Crippen LogP contribution in [0.25, 0.3) is 6.20 Å². The summed E-state index contributed by atoms with van der Waals surface area (Å²) in [7, 11) is 1.37. The molecule has 112 valence electrons. The maximum absolute atomic E-state index is 11.9. The maximum atomic E-state index is 11.9. The van der Waals surface area contributed by atoms with E-state index in [0.29, 0.717) is 4.90 Å². The molecule has 10 nitrogen and oxygen atoms in total. The van der Waals surface area contributed by atoms with Crippen LogP contribution < -0.4 is 5.69 Å². The Morgan fingerprint density at radius 2 is 1.86 bits per heavy atom. The summed E-state index contributed by atoms with van der Waals surface area (Å²) in [6.07, 6.45) is 0.977. The first kappa shape index (κ1) is 14.6. The summed E-state index contributed by atoms with van der Waals surface area (Å²) in [4.78, 5) is 47.8. The molecule has 0 aliphatic carbocycles. The number of ether oxygens (including phenoxy) is 1. The molecule has 10 heteroatoms. The third-order valence-electron chi connectivity index (χ3n) is 2.76. The second-order valence-electron chi connectivity index (χ2n) is 4.19. The molecule has 0 N–H and O–H groups in total. The molecular weight excluding hydrogens is 282 g/mol. The van der Waals surface area contributed by atoms with E-state index in [1.807, 2.05) is 0 Å². The SMILES string of the molecule is CCOC(=O)/C(=C\n1nnn(C)c1=O)N1C(=O)CCC1=O. The van der Waals surface area contributed by atoms with Crippen molar-refractivity contribution in [2.45, 2.75) is 19.8 Å². The second-order valence-corrected chi connectivity index (χ2v) is 4.19. The molecule has 0 aromatic carbocycles. The minimum atomic E-state index is -0.890. The quantitative estimate of drug-likeness (QED) is 0.376. The molecule has 1 aromatic heterocycles. The topological polar surface area (TPSA) is 116 Å². The Balaban J connectivity index is 2.48. The highest BCUT2D eigenvalue weighted by atomic mass is 16.5. The fraction of sp³-hybridized carbons (Fsp3) is 0.455. The lowest BCUT2D eigenvalue weighted by Gasteiger charge is -2.15. The van der Waals surface area contributed by atoms with E-state index in [9.17, 15) is 19.2 Å². The van der Waals surface area contributed by atoms with E-state index in [0.717, 1.165) is 15.6 Å². The van der Waals surface area contributed by atoms with Crippen molar-refractivity contribution in [3.8, 4) is 0 Å². The number of likely N-dealkylation sites (tertiary alicyclic amines) is 1. The molecule has 0 bridgehead atoms. The van der Waals surface area contributed by atoms with Crippen molar-refractivity contribution >= 4 is 24.0 Å². The molecule has 1 aromatic rings. The smallest absolute Gasteiger partial charge is 0.367 e. The molecular formula is C11H13N5O5. The standard InChI is InChI=1S/C11H13N5O5/c1-3-21-10(19)7(16-8(17)4-5-9(16)18)6-15-11(20)14(2)12-13-15/h6H,3-5H2,1-2H3/b7-6+. The van der Waals surface area contributed by atoms with Crippen LogP contribution in [0.4, 0.5) is 0 Å². The Morgan fingerprint density at radius 3 is 2.33 bits per heavy atom. The van der Waals surface area contributed by atoms with Gasteiger partial charge in [0.05, 0.1) is 12.8 Å². The number of esters is 1. The Hall–Kier alpha value is -2.78. The highest BCUT2D eigenvalue weighted by Gasteiger charge is 2.36. The monoisotopic (exact) mass is 295 g/mol. The number of imide groups is 1. The van der Waals surface area contributed by atoms with Crippen molar-refractivity contribution in [1.29, 1.82) is 0 Å². The molecule has 1 aliphatic heterocycles. The van der Waals surface area contributed by atoms with E-state index in [1.165, 1.54) is 7.05 Å². The lowest BCUT2D eigenvalue weighted by atomic mass is 10.4. The van der Waals surface area contributed by atoms with E-state index in [1.54, 1.807) is 6.92 Å². The summed E-state index contributed by atoms with van der Waals surface area (Å²) in [6, 6.07) is 0. The van der Waals surface area contributed by atoms with Crippen LogP contribution in [0.5, 0.6) is 0 Å². The average Bonchev–Trinajstić information content (AvgIpc) is 2.93. The molecule has 0 radical (unpaired) electrons. The van der Waals surface area contributed by atoms with Crippen LogP contribution in [0.15, 0.2) is 10.5 Å². The van der Waals surface area contributed by atoms with Gasteiger partial charge in [-0.2, -0.15) is 9.36 Å². The number of tetrazole rings is 1. The van der Waals surface area contributed by atoms with Crippen LogP contribution >= 0.6 is 0 Å². The van der Waals surface area contributed by atoms with Crippen LogP contribution in [0.3, 0.4) is 0 Å². The Labute approximate surface area is 118 Å². The Kier molecular flexibility index (Phi) is 3.96. The first-order chi connectivity index (χ1) is 9.95. The summed E-state index contributed by atoms with van der Waals surface area (Å²) in [6.45, 7) is 1.64. The lowest BCUT2D eigenvalue weighted by molar-refractivity contribution is -0.146. The molecule has 0 unspecified atom stereocenters. The van der Waals surface area contributed by atoms with Gasteiger partial charge in [0, 0.05) is 19.9 Å². The van der Waals surface area contributed by atoms with E-state index in [-0.39, 0.29) is 25.1 Å². The normalized spacial score (nSPS) is 15.7. The molecule has 0 atom stereocenters. The van der Waals surface area contributed by atoms with Gasteiger partial charge in [-0.15, -0.1) is 0 Å². The molecule has 21 heavy (non-hydrogen) atoms. The molecule has 1 aliphatic rings. The highest BCUT2D eigenvalue weighted by Crippen LogP contribution is 2.19. The first-order valence-electron chi connectivity index (χ1n) is 6.19. The van der Waals surface area contributed by atoms with Gasteiger partial charge in [-0.25, -0.2) is 14.5 Å². The zero-order chi connectivity index (χ0) is 15.6. The van der Waals surface area contributed by atoms with E-state index in [4.69, 9.17) is 4.74 Å². The van der Waals surface area contributed by atoms with Gasteiger partial charge in [0.2, 0.25) is 11.8 Å². The number of nitrogens with zero attached hydrogens (tertiary/aromatic N) is 5. The van der Waals surface area contributed by atoms with Crippen molar-refractivity contribution in [3.63, 3.8) is 0 Å². The molecule has 2 heterocycles. The summed E-state index contributed by atoms with van der Waals surface area (Å²) < 4.78 is 6.50. The number of hydrogen-bond acceptors (Lipinski definition) is 7. The van der Waals surface area contributed by atoms with Gasteiger partial charge in [0.15, 0.2) is 5.70 Å². The summed E-state index contributed by atoms with van der Waals surface area (Å²) in [5.74, 6) is -1.95. The van der Waals surface area contributed by atoms with Gasteiger partial charge in [-0.05, 0) is 17.4 Å². The largest absolute Gasteiger partial charge is 0.461 e.